The van der Waals surface area contributed by atoms with E-state index in [4.69, 9.17) is 0 Å². The van der Waals surface area contributed by atoms with E-state index in [1.165, 1.54) is 0 Å². The molecule has 2 atom stereocenters. The second-order valence-electron chi connectivity index (χ2n) is 5.19. The largest absolute Gasteiger partial charge is 0.390 e. The van der Waals surface area contributed by atoms with E-state index in [1.54, 1.807) is 21.1 Å². The number of hydrogen-bond donors (Lipinski definition) is 1. The van der Waals surface area contributed by atoms with Gasteiger partial charge in [-0.05, 0) is 13.0 Å². The summed E-state index contributed by atoms with van der Waals surface area (Å²) in [6, 6.07) is 1.58. The van der Waals surface area contributed by atoms with Gasteiger partial charge in [-0.1, -0.05) is 13.8 Å². The van der Waals surface area contributed by atoms with Crippen molar-refractivity contribution >= 4 is 21.8 Å². The summed E-state index contributed by atoms with van der Waals surface area (Å²) in [6.45, 7) is 7.63. The third-order valence-electron chi connectivity index (χ3n) is 3.49. The van der Waals surface area contributed by atoms with Gasteiger partial charge in [-0.25, -0.2) is 8.42 Å². The van der Waals surface area contributed by atoms with Crippen LogP contribution in [0, 0.1) is 0 Å². The van der Waals surface area contributed by atoms with Gasteiger partial charge < -0.3 is 9.67 Å². The predicted molar refractivity (Wildman–Crippen MR) is 81.3 cm³/mol. The molecule has 1 aromatic rings. The molecule has 7 heteroatoms. The van der Waals surface area contributed by atoms with Gasteiger partial charge in [-0.15, -0.1) is 0 Å². The Labute approximate surface area is 125 Å². The van der Waals surface area contributed by atoms with Gasteiger partial charge in [0.15, 0.2) is 0 Å². The summed E-state index contributed by atoms with van der Waals surface area (Å²) in [4.78, 5) is 0.287. The molecule has 1 saturated heterocycles. The molecule has 2 unspecified atom stereocenters. The van der Waals surface area contributed by atoms with Gasteiger partial charge in [-0.2, -0.15) is 16.1 Å². The van der Waals surface area contributed by atoms with E-state index in [-0.39, 0.29) is 11.5 Å². The molecule has 114 valence electrons. The molecule has 0 spiro atoms. The Morgan fingerprint density at radius 1 is 1.35 bits per heavy atom. The lowest BCUT2D eigenvalue weighted by molar-refractivity contribution is 0.271. The highest BCUT2D eigenvalue weighted by molar-refractivity contribution is 8.00. The van der Waals surface area contributed by atoms with Crippen LogP contribution in [0.25, 0.3) is 0 Å². The third-order valence-corrected chi connectivity index (χ3v) is 6.51. The fourth-order valence-corrected chi connectivity index (χ4v) is 5.77. The summed E-state index contributed by atoms with van der Waals surface area (Å²) in [5.74, 6) is 0. The summed E-state index contributed by atoms with van der Waals surface area (Å²) in [5, 5.41) is 9.90. The first-order valence-corrected chi connectivity index (χ1v) is 9.22. The van der Waals surface area contributed by atoms with Crippen molar-refractivity contribution in [3.05, 3.63) is 18.0 Å². The fourth-order valence-electron chi connectivity index (χ4n) is 2.57. The summed E-state index contributed by atoms with van der Waals surface area (Å²) in [7, 11) is -3.46. The highest BCUT2D eigenvalue weighted by Crippen LogP contribution is 2.29. The molecule has 2 heterocycles. The van der Waals surface area contributed by atoms with Crippen molar-refractivity contribution in [3.63, 3.8) is 0 Å². The summed E-state index contributed by atoms with van der Waals surface area (Å²) in [6.07, 6.45) is 1.62. The lowest BCUT2D eigenvalue weighted by atomic mass is 10.4. The number of aromatic nitrogens is 1. The van der Waals surface area contributed by atoms with Gasteiger partial charge in [0.2, 0.25) is 10.0 Å². The summed E-state index contributed by atoms with van der Waals surface area (Å²) in [5.41, 5.74) is 0.638. The number of sulfonamides is 1. The lowest BCUT2D eigenvalue weighted by Gasteiger charge is -2.33. The highest BCUT2D eigenvalue weighted by Gasteiger charge is 2.32. The van der Waals surface area contributed by atoms with E-state index in [0.29, 0.717) is 35.8 Å². The molecule has 0 aliphatic carbocycles. The molecule has 0 bridgehead atoms. The molecule has 1 aliphatic rings. The van der Waals surface area contributed by atoms with E-state index in [0.717, 1.165) is 0 Å². The average molecular weight is 318 g/mol. The Bertz CT molecular complexity index is 537. The van der Waals surface area contributed by atoms with Crippen molar-refractivity contribution in [2.75, 3.05) is 13.1 Å². The Hall–Kier alpha value is -0.500. The zero-order valence-electron chi connectivity index (χ0n) is 12.1. The van der Waals surface area contributed by atoms with Gasteiger partial charge in [-0.3, -0.25) is 0 Å². The van der Waals surface area contributed by atoms with Gasteiger partial charge in [0.1, 0.15) is 4.90 Å². The monoisotopic (exact) mass is 318 g/mol. The van der Waals surface area contributed by atoms with E-state index >= 15 is 0 Å². The van der Waals surface area contributed by atoms with Crippen LogP contribution in [-0.2, 0) is 23.2 Å². The second kappa shape index (κ2) is 6.09. The molecule has 0 amide bonds. The molecule has 1 aromatic heterocycles. The van der Waals surface area contributed by atoms with Crippen molar-refractivity contribution in [2.45, 2.75) is 49.3 Å². The zero-order valence-corrected chi connectivity index (χ0v) is 13.7. The standard InChI is InChI=1S/C13H22N2O3S2/c1-4-14-8-13(5-12(14)9-16)20(17,18)15-6-10(2)19-11(3)7-15/h5,8,10-11,16H,4,6-7,9H2,1-3H3. The smallest absolute Gasteiger partial charge is 0.244 e. The van der Waals surface area contributed by atoms with Crippen molar-refractivity contribution in [2.24, 2.45) is 0 Å². The van der Waals surface area contributed by atoms with E-state index < -0.39 is 10.0 Å². The Balaban J connectivity index is 2.32. The number of thioether (sulfide) groups is 1. The third kappa shape index (κ3) is 3.05. The fraction of sp³-hybridized carbons (Fsp3) is 0.692. The second-order valence-corrected chi connectivity index (χ2v) is 9.01. The van der Waals surface area contributed by atoms with Crippen molar-refractivity contribution < 1.29 is 13.5 Å². The quantitative estimate of drug-likeness (QED) is 0.914. The Morgan fingerprint density at radius 2 is 1.95 bits per heavy atom. The lowest BCUT2D eigenvalue weighted by Crippen LogP contribution is -2.43. The minimum atomic E-state index is -3.46. The number of aliphatic hydroxyl groups is 1. The van der Waals surface area contributed by atoms with Crippen molar-refractivity contribution in [1.82, 2.24) is 8.87 Å². The zero-order chi connectivity index (χ0) is 14.9. The molecule has 0 radical (unpaired) electrons. The average Bonchev–Trinajstić information content (AvgIpc) is 2.81. The minimum absolute atomic E-state index is 0.147. The van der Waals surface area contributed by atoms with Crippen LogP contribution in [0.1, 0.15) is 26.5 Å². The SMILES string of the molecule is CCn1cc(S(=O)(=O)N2CC(C)SC(C)C2)cc1CO. The Kier molecular flexibility index (Phi) is 4.84. The highest BCUT2D eigenvalue weighted by atomic mass is 32.2. The molecule has 1 N–H and O–H groups in total. The molecule has 1 aliphatic heterocycles. The van der Waals surface area contributed by atoms with Crippen molar-refractivity contribution in [1.29, 1.82) is 0 Å². The summed E-state index contributed by atoms with van der Waals surface area (Å²) < 4.78 is 28.7. The summed E-state index contributed by atoms with van der Waals surface area (Å²) >= 11 is 1.82. The number of rotatable bonds is 4. The first-order chi connectivity index (χ1) is 9.38. The van der Waals surface area contributed by atoms with Gasteiger partial charge in [0.05, 0.1) is 6.61 Å². The number of aryl methyl sites for hydroxylation is 1. The normalized spacial score (nSPS) is 25.0. The van der Waals surface area contributed by atoms with Crippen LogP contribution in [0.5, 0.6) is 0 Å². The van der Waals surface area contributed by atoms with Crippen LogP contribution < -0.4 is 0 Å². The van der Waals surface area contributed by atoms with E-state index in [9.17, 15) is 13.5 Å². The van der Waals surface area contributed by atoms with Crippen LogP contribution >= 0.6 is 11.8 Å². The molecule has 5 nitrogen and oxygen atoms in total. The van der Waals surface area contributed by atoms with Crippen LogP contribution in [0.15, 0.2) is 17.2 Å². The molecule has 0 saturated carbocycles. The maximum absolute atomic E-state index is 12.7. The van der Waals surface area contributed by atoms with E-state index in [2.05, 4.69) is 13.8 Å². The topological polar surface area (TPSA) is 62.5 Å². The molecular formula is C13H22N2O3S2. The van der Waals surface area contributed by atoms with Crippen LogP contribution in [0.2, 0.25) is 0 Å². The molecular weight excluding hydrogens is 296 g/mol. The van der Waals surface area contributed by atoms with Crippen LogP contribution in [0.3, 0.4) is 0 Å². The molecule has 20 heavy (non-hydrogen) atoms. The molecule has 1 fully saturated rings. The number of hydrogen-bond acceptors (Lipinski definition) is 4. The number of aliphatic hydroxyl groups excluding tert-OH is 1. The molecule has 2 rings (SSSR count). The maximum Gasteiger partial charge on any atom is 0.244 e. The minimum Gasteiger partial charge on any atom is -0.390 e. The number of nitrogens with zero attached hydrogens (tertiary/aromatic N) is 2. The predicted octanol–water partition coefficient (Wildman–Crippen LogP) is 1.51. The maximum atomic E-state index is 12.7. The van der Waals surface area contributed by atoms with Crippen LogP contribution in [-0.4, -0.2) is 46.0 Å². The van der Waals surface area contributed by atoms with Crippen LogP contribution in [0.4, 0.5) is 0 Å². The first kappa shape index (κ1) is 15.9. The van der Waals surface area contributed by atoms with Gasteiger partial charge in [0.25, 0.3) is 0 Å². The first-order valence-electron chi connectivity index (χ1n) is 6.84. The van der Waals surface area contributed by atoms with E-state index in [1.807, 2.05) is 18.7 Å². The van der Waals surface area contributed by atoms with Crippen molar-refractivity contribution in [3.8, 4) is 0 Å². The van der Waals surface area contributed by atoms with Gasteiger partial charge >= 0.3 is 0 Å². The Morgan fingerprint density at radius 3 is 2.40 bits per heavy atom. The molecule has 0 aromatic carbocycles. The van der Waals surface area contributed by atoms with Gasteiger partial charge in [0, 0.05) is 42.0 Å².